The van der Waals surface area contributed by atoms with Gasteiger partial charge in [0.1, 0.15) is 0 Å². The summed E-state index contributed by atoms with van der Waals surface area (Å²) in [5, 5.41) is 0. The van der Waals surface area contributed by atoms with Crippen LogP contribution in [0.3, 0.4) is 0 Å². The fourth-order valence-electron chi connectivity index (χ4n) is 2.28. The molecule has 0 amide bonds. The second-order valence-electron chi connectivity index (χ2n) is 4.35. The first kappa shape index (κ1) is 12.4. The average Bonchev–Trinajstić information content (AvgIpc) is 2.92. The molecule has 94 valence electrons. The van der Waals surface area contributed by atoms with Gasteiger partial charge in [-0.05, 0) is 31.0 Å². The molecule has 0 aliphatic carbocycles. The van der Waals surface area contributed by atoms with E-state index in [1.165, 1.54) is 7.11 Å². The molecule has 1 aromatic rings. The van der Waals surface area contributed by atoms with Gasteiger partial charge in [-0.15, -0.1) is 0 Å². The van der Waals surface area contributed by atoms with Gasteiger partial charge in [0.15, 0.2) is 0 Å². The van der Waals surface area contributed by atoms with Crippen molar-refractivity contribution in [3.8, 4) is 0 Å². The van der Waals surface area contributed by atoms with Crippen LogP contribution in [0.2, 0.25) is 0 Å². The van der Waals surface area contributed by atoms with Gasteiger partial charge >= 0.3 is 5.97 Å². The normalized spacial score (nSPS) is 14.3. The van der Waals surface area contributed by atoms with Crippen molar-refractivity contribution in [1.29, 1.82) is 0 Å². The lowest BCUT2D eigenvalue weighted by molar-refractivity contribution is 0.0601. The summed E-state index contributed by atoms with van der Waals surface area (Å²) < 4.78 is 4.83. The fraction of sp³-hybridized carbons (Fsp3) is 0.429. The molecule has 1 aliphatic heterocycles. The van der Waals surface area contributed by atoms with Crippen molar-refractivity contribution < 1.29 is 9.53 Å². The van der Waals surface area contributed by atoms with Crippen molar-refractivity contribution in [2.24, 2.45) is 0 Å². The van der Waals surface area contributed by atoms with Gasteiger partial charge in [0.25, 0.3) is 0 Å². The Bertz CT molecular complexity index is 485. The lowest BCUT2D eigenvalue weighted by Gasteiger charge is -2.20. The lowest BCUT2D eigenvalue weighted by Crippen LogP contribution is -2.21. The minimum Gasteiger partial charge on any atom is -0.465 e. The maximum atomic E-state index is 11.8. The molecule has 1 saturated heterocycles. The summed E-state index contributed by atoms with van der Waals surface area (Å²) in [6.45, 7) is 9.13. The van der Waals surface area contributed by atoms with Crippen LogP contribution in [-0.4, -0.2) is 26.2 Å². The van der Waals surface area contributed by atoms with E-state index in [2.05, 4.69) is 9.74 Å². The van der Waals surface area contributed by atoms with Crippen molar-refractivity contribution in [3.05, 3.63) is 40.7 Å². The molecule has 18 heavy (non-hydrogen) atoms. The molecule has 0 N–H and O–H groups in total. The van der Waals surface area contributed by atoms with Crippen molar-refractivity contribution >= 4 is 11.7 Å². The van der Waals surface area contributed by atoms with Gasteiger partial charge in [-0.25, -0.2) is 11.4 Å². The molecule has 0 aromatic heterocycles. The van der Waals surface area contributed by atoms with Gasteiger partial charge in [-0.3, -0.25) is 0 Å². The molecule has 0 saturated carbocycles. The van der Waals surface area contributed by atoms with Crippen LogP contribution < -0.4 is 4.90 Å². The predicted octanol–water partition coefficient (Wildman–Crippen LogP) is 2.49. The number of anilines is 1. The highest BCUT2D eigenvalue weighted by atomic mass is 16.5. The van der Waals surface area contributed by atoms with E-state index in [0.717, 1.165) is 37.2 Å². The predicted molar refractivity (Wildman–Crippen MR) is 69.5 cm³/mol. The molecule has 4 nitrogen and oxygen atoms in total. The van der Waals surface area contributed by atoms with E-state index in [9.17, 15) is 4.79 Å². The second-order valence-corrected chi connectivity index (χ2v) is 4.35. The molecule has 0 atom stereocenters. The van der Waals surface area contributed by atoms with E-state index in [1.54, 1.807) is 6.07 Å². The highest BCUT2D eigenvalue weighted by molar-refractivity contribution is 5.96. The highest BCUT2D eigenvalue weighted by Crippen LogP contribution is 2.26. The molecule has 4 heteroatoms. The second kappa shape index (κ2) is 5.54. The standard InChI is InChI=1S/C14H16N2O2/c1-15-10-11-5-6-13(16-7-3-4-8-16)12(9-11)14(17)18-2/h5-6,9H,3-4,7-8,10H2,2H3. The Kier molecular flexibility index (Phi) is 3.83. The third kappa shape index (κ3) is 2.45. The maximum Gasteiger partial charge on any atom is 0.339 e. The summed E-state index contributed by atoms with van der Waals surface area (Å²) in [6, 6.07) is 5.62. The number of methoxy groups -OCH3 is 1. The Morgan fingerprint density at radius 2 is 2.17 bits per heavy atom. The molecular weight excluding hydrogens is 228 g/mol. The van der Waals surface area contributed by atoms with Gasteiger partial charge in [-0.1, -0.05) is 0 Å². The SMILES string of the molecule is [C-]#[N+]Cc1ccc(N2CCCC2)c(C(=O)OC)c1. The van der Waals surface area contributed by atoms with Crippen molar-refractivity contribution in [2.75, 3.05) is 25.1 Å². The molecule has 0 radical (unpaired) electrons. The number of nitrogens with zero attached hydrogens (tertiary/aromatic N) is 2. The number of carbonyl (C=O) groups is 1. The van der Waals surface area contributed by atoms with E-state index in [4.69, 9.17) is 11.3 Å². The Labute approximate surface area is 107 Å². The van der Waals surface area contributed by atoms with Crippen LogP contribution in [0.4, 0.5) is 5.69 Å². The molecule has 0 spiro atoms. The number of ether oxygens (including phenoxy) is 1. The van der Waals surface area contributed by atoms with Gasteiger partial charge in [0.05, 0.1) is 18.4 Å². The number of hydrogen-bond acceptors (Lipinski definition) is 3. The Morgan fingerprint density at radius 3 is 2.78 bits per heavy atom. The van der Waals surface area contributed by atoms with E-state index >= 15 is 0 Å². The fourth-order valence-corrected chi connectivity index (χ4v) is 2.28. The Hall–Kier alpha value is -2.02. The number of carbonyl (C=O) groups excluding carboxylic acids is 1. The quantitative estimate of drug-likeness (QED) is 0.605. The monoisotopic (exact) mass is 244 g/mol. The largest absolute Gasteiger partial charge is 0.465 e. The van der Waals surface area contributed by atoms with Crippen LogP contribution in [-0.2, 0) is 11.3 Å². The highest BCUT2D eigenvalue weighted by Gasteiger charge is 2.20. The first-order valence-electron chi connectivity index (χ1n) is 6.05. The van der Waals surface area contributed by atoms with Crippen LogP contribution >= 0.6 is 0 Å². The molecule has 2 rings (SSSR count). The number of rotatable bonds is 3. The molecule has 1 aromatic carbocycles. The molecule has 1 aliphatic rings. The average molecular weight is 244 g/mol. The molecule has 0 unspecified atom stereocenters. The van der Waals surface area contributed by atoms with Crippen LogP contribution in [0.15, 0.2) is 18.2 Å². The minimum atomic E-state index is -0.330. The number of benzene rings is 1. The lowest BCUT2D eigenvalue weighted by atomic mass is 10.1. The van der Waals surface area contributed by atoms with E-state index in [1.807, 2.05) is 12.1 Å². The van der Waals surface area contributed by atoms with Crippen LogP contribution in [0.25, 0.3) is 4.85 Å². The molecule has 0 bridgehead atoms. The number of hydrogen-bond donors (Lipinski definition) is 0. The summed E-state index contributed by atoms with van der Waals surface area (Å²) in [6.07, 6.45) is 2.31. The zero-order chi connectivity index (χ0) is 13.0. The van der Waals surface area contributed by atoms with Gasteiger partial charge in [0, 0.05) is 18.7 Å². The van der Waals surface area contributed by atoms with E-state index < -0.39 is 0 Å². The third-order valence-corrected chi connectivity index (χ3v) is 3.17. The Balaban J connectivity index is 2.38. The summed E-state index contributed by atoms with van der Waals surface area (Å²) in [5.41, 5.74) is 2.35. The van der Waals surface area contributed by atoms with Gasteiger partial charge < -0.3 is 14.5 Å². The van der Waals surface area contributed by atoms with Crippen LogP contribution in [0, 0.1) is 6.57 Å². The van der Waals surface area contributed by atoms with Crippen molar-refractivity contribution in [2.45, 2.75) is 19.4 Å². The summed E-state index contributed by atoms with van der Waals surface area (Å²) >= 11 is 0. The number of esters is 1. The van der Waals surface area contributed by atoms with Gasteiger partial charge in [-0.2, -0.15) is 0 Å². The smallest absolute Gasteiger partial charge is 0.339 e. The molecule has 1 fully saturated rings. The van der Waals surface area contributed by atoms with E-state index in [-0.39, 0.29) is 5.97 Å². The summed E-state index contributed by atoms with van der Waals surface area (Å²) in [5.74, 6) is -0.330. The van der Waals surface area contributed by atoms with E-state index in [0.29, 0.717) is 12.1 Å². The first-order chi connectivity index (χ1) is 8.76. The minimum absolute atomic E-state index is 0.296. The molecular formula is C14H16N2O2. The third-order valence-electron chi connectivity index (χ3n) is 3.17. The van der Waals surface area contributed by atoms with Crippen LogP contribution in [0.5, 0.6) is 0 Å². The summed E-state index contributed by atoms with van der Waals surface area (Å²) in [4.78, 5) is 17.4. The summed E-state index contributed by atoms with van der Waals surface area (Å²) in [7, 11) is 1.39. The Morgan fingerprint density at radius 1 is 1.44 bits per heavy atom. The molecule has 1 heterocycles. The topological polar surface area (TPSA) is 33.9 Å². The van der Waals surface area contributed by atoms with Crippen molar-refractivity contribution in [1.82, 2.24) is 0 Å². The zero-order valence-electron chi connectivity index (χ0n) is 10.5. The maximum absolute atomic E-state index is 11.8. The van der Waals surface area contributed by atoms with Gasteiger partial charge in [0.2, 0.25) is 6.54 Å². The van der Waals surface area contributed by atoms with Crippen molar-refractivity contribution in [3.63, 3.8) is 0 Å². The zero-order valence-corrected chi connectivity index (χ0v) is 10.5. The van der Waals surface area contributed by atoms with Crippen LogP contribution in [0.1, 0.15) is 28.8 Å². The first-order valence-corrected chi connectivity index (χ1v) is 6.05.